The van der Waals surface area contributed by atoms with E-state index in [1.807, 2.05) is 0 Å². The highest BCUT2D eigenvalue weighted by atomic mass is 15.1. The van der Waals surface area contributed by atoms with Crippen LogP contribution in [0.3, 0.4) is 0 Å². The Morgan fingerprint density at radius 2 is 1.90 bits per heavy atom. The van der Waals surface area contributed by atoms with Crippen molar-refractivity contribution in [1.29, 1.82) is 0 Å². The Morgan fingerprint density at radius 1 is 1.15 bits per heavy atom. The van der Waals surface area contributed by atoms with E-state index in [1.54, 1.807) is 0 Å². The number of rotatable bonds is 6. The van der Waals surface area contributed by atoms with E-state index in [2.05, 4.69) is 31.0 Å². The molecule has 0 bridgehead atoms. The van der Waals surface area contributed by atoms with E-state index in [-0.39, 0.29) is 0 Å². The molecule has 0 aromatic carbocycles. The van der Waals surface area contributed by atoms with Crippen LogP contribution in [0.4, 0.5) is 0 Å². The van der Waals surface area contributed by atoms with Gasteiger partial charge in [0.15, 0.2) is 0 Å². The minimum Gasteiger partial charge on any atom is -0.316 e. The van der Waals surface area contributed by atoms with Crippen molar-refractivity contribution in [3.63, 3.8) is 0 Å². The van der Waals surface area contributed by atoms with Crippen LogP contribution in [0, 0.1) is 17.3 Å². The molecule has 1 aliphatic heterocycles. The quantitative estimate of drug-likeness (QED) is 0.793. The molecule has 0 aromatic heterocycles. The topological polar surface area (TPSA) is 15.3 Å². The minimum absolute atomic E-state index is 0.574. The lowest BCUT2D eigenvalue weighted by atomic mass is 9.73. The third kappa shape index (κ3) is 5.04. The largest absolute Gasteiger partial charge is 0.316 e. The lowest BCUT2D eigenvalue weighted by Gasteiger charge is -2.43. The Labute approximate surface area is 126 Å². The fourth-order valence-corrected chi connectivity index (χ4v) is 4.22. The fraction of sp³-hybridized carbons (Fsp3) is 1.00. The van der Waals surface area contributed by atoms with E-state index in [4.69, 9.17) is 0 Å². The van der Waals surface area contributed by atoms with Crippen LogP contribution in [0.2, 0.25) is 0 Å². The van der Waals surface area contributed by atoms with Gasteiger partial charge < -0.3 is 10.2 Å². The minimum atomic E-state index is 0.574. The Balaban J connectivity index is 1.88. The second-order valence-corrected chi connectivity index (χ2v) is 8.07. The molecular weight excluding hydrogens is 244 g/mol. The van der Waals surface area contributed by atoms with Gasteiger partial charge >= 0.3 is 0 Å². The van der Waals surface area contributed by atoms with Gasteiger partial charge in [-0.3, -0.25) is 0 Å². The van der Waals surface area contributed by atoms with Crippen LogP contribution in [0.1, 0.15) is 65.7 Å². The molecule has 118 valence electrons. The summed E-state index contributed by atoms with van der Waals surface area (Å²) in [6.45, 7) is 13.5. The van der Waals surface area contributed by atoms with Crippen molar-refractivity contribution in [2.45, 2.75) is 65.7 Å². The molecule has 1 N–H and O–H groups in total. The van der Waals surface area contributed by atoms with Gasteiger partial charge in [-0.1, -0.05) is 40.0 Å². The lowest BCUT2D eigenvalue weighted by Crippen LogP contribution is -2.48. The fourth-order valence-electron chi connectivity index (χ4n) is 4.22. The lowest BCUT2D eigenvalue weighted by molar-refractivity contribution is 0.0753. The van der Waals surface area contributed by atoms with Crippen molar-refractivity contribution in [3.05, 3.63) is 0 Å². The summed E-state index contributed by atoms with van der Waals surface area (Å²) in [5.74, 6) is 1.68. The third-order valence-electron chi connectivity index (χ3n) is 5.27. The van der Waals surface area contributed by atoms with Crippen molar-refractivity contribution in [1.82, 2.24) is 10.2 Å². The zero-order valence-corrected chi connectivity index (χ0v) is 14.1. The van der Waals surface area contributed by atoms with Crippen molar-refractivity contribution in [3.8, 4) is 0 Å². The number of nitrogens with one attached hydrogen (secondary N) is 1. The zero-order chi connectivity index (χ0) is 14.4. The van der Waals surface area contributed by atoms with E-state index in [0.29, 0.717) is 5.41 Å². The van der Waals surface area contributed by atoms with Gasteiger partial charge in [0.25, 0.3) is 0 Å². The normalized spacial score (nSPS) is 27.9. The molecule has 1 saturated carbocycles. The van der Waals surface area contributed by atoms with Gasteiger partial charge in [0.1, 0.15) is 0 Å². The zero-order valence-electron chi connectivity index (χ0n) is 14.1. The first kappa shape index (κ1) is 16.3. The highest BCUT2D eigenvalue weighted by Crippen LogP contribution is 2.37. The summed E-state index contributed by atoms with van der Waals surface area (Å²) in [6, 6.07) is 0. The summed E-state index contributed by atoms with van der Waals surface area (Å²) in [4.78, 5) is 2.77. The van der Waals surface area contributed by atoms with Crippen LogP contribution in [-0.2, 0) is 0 Å². The summed E-state index contributed by atoms with van der Waals surface area (Å²) < 4.78 is 0. The molecule has 20 heavy (non-hydrogen) atoms. The molecule has 0 aromatic rings. The second kappa shape index (κ2) is 7.79. The Morgan fingerprint density at radius 3 is 2.55 bits per heavy atom. The summed E-state index contributed by atoms with van der Waals surface area (Å²) in [5.41, 5.74) is 0.574. The van der Waals surface area contributed by atoms with E-state index in [0.717, 1.165) is 11.8 Å². The maximum absolute atomic E-state index is 3.77. The van der Waals surface area contributed by atoms with Crippen LogP contribution in [-0.4, -0.2) is 37.6 Å². The Bertz CT molecular complexity index is 269. The maximum Gasteiger partial charge on any atom is 0.00503 e. The summed E-state index contributed by atoms with van der Waals surface area (Å²) in [5, 5.41) is 3.77. The number of nitrogens with zero attached hydrogens (tertiary/aromatic N) is 1. The predicted octanol–water partition coefficient (Wildman–Crippen LogP) is 3.91. The molecule has 1 heterocycles. The molecule has 2 nitrogen and oxygen atoms in total. The SMILES string of the molecule is CC(C)CNCC1(CN2CCCC(C)C2)CCCCC1. The molecule has 2 fully saturated rings. The van der Waals surface area contributed by atoms with Crippen LogP contribution < -0.4 is 5.32 Å². The van der Waals surface area contributed by atoms with Gasteiger partial charge in [-0.2, -0.15) is 0 Å². The van der Waals surface area contributed by atoms with Crippen molar-refractivity contribution in [2.24, 2.45) is 17.3 Å². The summed E-state index contributed by atoms with van der Waals surface area (Å²) in [7, 11) is 0. The van der Waals surface area contributed by atoms with Crippen LogP contribution in [0.25, 0.3) is 0 Å². The van der Waals surface area contributed by atoms with E-state index in [1.165, 1.54) is 77.7 Å². The summed E-state index contributed by atoms with van der Waals surface area (Å²) in [6.07, 6.45) is 10.1. The standard InChI is InChI=1S/C18H36N2/c1-16(2)12-19-14-18(9-5-4-6-10-18)15-20-11-7-8-17(3)13-20/h16-17,19H,4-15H2,1-3H3. The molecule has 2 aliphatic rings. The van der Waals surface area contributed by atoms with Crippen LogP contribution in [0.15, 0.2) is 0 Å². The van der Waals surface area contributed by atoms with Gasteiger partial charge in [-0.25, -0.2) is 0 Å². The first-order chi connectivity index (χ1) is 9.60. The number of likely N-dealkylation sites (tertiary alicyclic amines) is 1. The van der Waals surface area contributed by atoms with Crippen LogP contribution in [0.5, 0.6) is 0 Å². The smallest absolute Gasteiger partial charge is 0.00503 e. The molecular formula is C18H36N2. The Hall–Kier alpha value is -0.0800. The molecule has 2 heteroatoms. The molecule has 1 atom stereocenters. The average Bonchev–Trinajstić information content (AvgIpc) is 2.39. The van der Waals surface area contributed by atoms with Gasteiger partial charge in [0.05, 0.1) is 0 Å². The number of piperidine rings is 1. The van der Waals surface area contributed by atoms with Gasteiger partial charge in [-0.15, -0.1) is 0 Å². The highest BCUT2D eigenvalue weighted by molar-refractivity contribution is 4.89. The number of hydrogen-bond donors (Lipinski definition) is 1. The maximum atomic E-state index is 3.77. The van der Waals surface area contributed by atoms with Crippen molar-refractivity contribution >= 4 is 0 Å². The van der Waals surface area contributed by atoms with Crippen molar-refractivity contribution in [2.75, 3.05) is 32.7 Å². The van der Waals surface area contributed by atoms with Gasteiger partial charge in [-0.05, 0) is 56.0 Å². The highest BCUT2D eigenvalue weighted by Gasteiger charge is 2.34. The van der Waals surface area contributed by atoms with E-state index >= 15 is 0 Å². The first-order valence-electron chi connectivity index (χ1n) is 9.03. The van der Waals surface area contributed by atoms with Crippen molar-refractivity contribution < 1.29 is 0 Å². The molecule has 1 saturated heterocycles. The number of hydrogen-bond acceptors (Lipinski definition) is 2. The average molecular weight is 280 g/mol. The molecule has 0 spiro atoms. The molecule has 1 aliphatic carbocycles. The van der Waals surface area contributed by atoms with Gasteiger partial charge in [0, 0.05) is 19.6 Å². The third-order valence-corrected chi connectivity index (χ3v) is 5.27. The second-order valence-electron chi connectivity index (χ2n) is 8.07. The monoisotopic (exact) mass is 280 g/mol. The van der Waals surface area contributed by atoms with E-state index in [9.17, 15) is 0 Å². The summed E-state index contributed by atoms with van der Waals surface area (Å²) >= 11 is 0. The molecule has 2 rings (SSSR count). The Kier molecular flexibility index (Phi) is 6.35. The van der Waals surface area contributed by atoms with Gasteiger partial charge in [0.2, 0.25) is 0 Å². The molecule has 0 amide bonds. The first-order valence-corrected chi connectivity index (χ1v) is 9.03. The molecule has 0 radical (unpaired) electrons. The predicted molar refractivity (Wildman–Crippen MR) is 88.1 cm³/mol. The van der Waals surface area contributed by atoms with Crippen LogP contribution >= 0.6 is 0 Å². The molecule has 1 unspecified atom stereocenters. The van der Waals surface area contributed by atoms with E-state index < -0.39 is 0 Å².